The van der Waals surface area contributed by atoms with Crippen LogP contribution in [0.2, 0.25) is 0 Å². The van der Waals surface area contributed by atoms with E-state index in [1.165, 1.54) is 12.8 Å². The first-order chi connectivity index (χ1) is 13.0. The highest BCUT2D eigenvalue weighted by Gasteiger charge is 2.40. The summed E-state index contributed by atoms with van der Waals surface area (Å²) in [4.78, 5) is 12.9. The quantitative estimate of drug-likeness (QED) is 0.805. The Morgan fingerprint density at radius 1 is 1.07 bits per heavy atom. The smallest absolute Gasteiger partial charge is 0.253 e. The molecule has 0 unspecified atom stereocenters. The Kier molecular flexibility index (Phi) is 5.01. The summed E-state index contributed by atoms with van der Waals surface area (Å²) in [5.41, 5.74) is 1.14. The Morgan fingerprint density at radius 2 is 1.81 bits per heavy atom. The number of benzene rings is 1. The van der Waals surface area contributed by atoms with Gasteiger partial charge in [0.05, 0.1) is 28.8 Å². The summed E-state index contributed by atoms with van der Waals surface area (Å²) in [5.74, 6) is -0.219. The number of carbonyl (C=O) groups is 1. The predicted octanol–water partition coefficient (Wildman–Crippen LogP) is 1.30. The molecule has 0 bridgehead atoms. The van der Waals surface area contributed by atoms with E-state index in [0.29, 0.717) is 17.3 Å². The molecule has 1 aliphatic heterocycles. The number of hydrogen-bond donors (Lipinski definition) is 2. The van der Waals surface area contributed by atoms with E-state index in [0.717, 1.165) is 12.8 Å². The summed E-state index contributed by atoms with van der Waals surface area (Å²) in [5, 5.41) is 10.6. The fourth-order valence-electron chi connectivity index (χ4n) is 4.07. The lowest BCUT2D eigenvalue weighted by atomic mass is 10.1. The van der Waals surface area contributed by atoms with Crippen molar-refractivity contribution in [1.82, 2.24) is 20.4 Å². The zero-order chi connectivity index (χ0) is 18.9. The summed E-state index contributed by atoms with van der Waals surface area (Å²) >= 11 is 0. The van der Waals surface area contributed by atoms with Gasteiger partial charge < -0.3 is 10.6 Å². The van der Waals surface area contributed by atoms with Crippen LogP contribution in [-0.2, 0) is 9.84 Å². The van der Waals surface area contributed by atoms with Gasteiger partial charge in [-0.1, -0.05) is 25.0 Å². The molecule has 4 rings (SSSR count). The third kappa shape index (κ3) is 4.06. The van der Waals surface area contributed by atoms with Crippen molar-refractivity contribution in [2.45, 2.75) is 43.8 Å². The normalized spacial score (nSPS) is 24.9. The van der Waals surface area contributed by atoms with Crippen molar-refractivity contribution in [3.63, 3.8) is 0 Å². The number of sulfone groups is 1. The maximum absolute atomic E-state index is 12.9. The van der Waals surface area contributed by atoms with Crippen molar-refractivity contribution in [1.29, 1.82) is 0 Å². The maximum atomic E-state index is 12.9. The molecule has 1 aromatic carbocycles. The first kappa shape index (κ1) is 18.2. The molecular weight excluding hydrogens is 364 g/mol. The Hall–Kier alpha value is -2.19. The number of hydrogen-bond acceptors (Lipinski definition) is 5. The molecule has 2 aliphatic rings. The molecule has 1 aliphatic carbocycles. The molecule has 2 aromatic rings. The molecule has 2 heterocycles. The summed E-state index contributed by atoms with van der Waals surface area (Å²) in [7, 11) is -3.16. The number of rotatable bonds is 5. The SMILES string of the molecule is O=C(N[C@@H]1CS(=O)(=O)C[C@H]1NC1CCCC1)c1ccccc1-n1cccn1. The van der Waals surface area contributed by atoms with E-state index in [1.54, 1.807) is 35.3 Å². The van der Waals surface area contributed by atoms with Gasteiger partial charge in [-0.05, 0) is 31.0 Å². The average Bonchev–Trinajstić information content (AvgIpc) is 3.38. The van der Waals surface area contributed by atoms with E-state index in [2.05, 4.69) is 15.7 Å². The minimum Gasteiger partial charge on any atom is -0.347 e. The fraction of sp³-hybridized carbons (Fsp3) is 0.474. The lowest BCUT2D eigenvalue weighted by Crippen LogP contribution is -2.51. The van der Waals surface area contributed by atoms with Gasteiger partial charge in [0.25, 0.3) is 5.91 Å². The fourth-order valence-corrected chi connectivity index (χ4v) is 5.95. The Labute approximate surface area is 159 Å². The van der Waals surface area contributed by atoms with Crippen LogP contribution in [0.3, 0.4) is 0 Å². The van der Waals surface area contributed by atoms with Crippen molar-refractivity contribution >= 4 is 15.7 Å². The highest BCUT2D eigenvalue weighted by molar-refractivity contribution is 7.91. The van der Waals surface area contributed by atoms with Crippen LogP contribution in [0.5, 0.6) is 0 Å². The second-order valence-corrected chi connectivity index (χ2v) is 9.53. The largest absolute Gasteiger partial charge is 0.347 e. The van der Waals surface area contributed by atoms with E-state index < -0.39 is 15.9 Å². The van der Waals surface area contributed by atoms with Crippen LogP contribution in [0.15, 0.2) is 42.7 Å². The number of carbonyl (C=O) groups excluding carboxylic acids is 1. The second-order valence-electron chi connectivity index (χ2n) is 7.38. The molecule has 27 heavy (non-hydrogen) atoms. The zero-order valence-corrected chi connectivity index (χ0v) is 15.9. The van der Waals surface area contributed by atoms with E-state index in [9.17, 15) is 13.2 Å². The topological polar surface area (TPSA) is 93.1 Å². The number of amides is 1. The van der Waals surface area contributed by atoms with E-state index in [-0.39, 0.29) is 23.5 Å². The van der Waals surface area contributed by atoms with Gasteiger partial charge in [0, 0.05) is 24.5 Å². The molecule has 144 valence electrons. The third-order valence-electron chi connectivity index (χ3n) is 5.37. The van der Waals surface area contributed by atoms with Gasteiger partial charge in [0.2, 0.25) is 0 Å². The highest BCUT2D eigenvalue weighted by atomic mass is 32.2. The molecule has 1 saturated heterocycles. The van der Waals surface area contributed by atoms with Gasteiger partial charge in [-0.15, -0.1) is 0 Å². The predicted molar refractivity (Wildman–Crippen MR) is 103 cm³/mol. The second kappa shape index (κ2) is 7.44. The minimum atomic E-state index is -3.16. The Balaban J connectivity index is 1.53. The maximum Gasteiger partial charge on any atom is 0.253 e. The molecule has 2 atom stereocenters. The van der Waals surface area contributed by atoms with Crippen LogP contribution in [0.25, 0.3) is 5.69 Å². The van der Waals surface area contributed by atoms with Gasteiger partial charge in [-0.3, -0.25) is 4.79 Å². The van der Waals surface area contributed by atoms with Crippen molar-refractivity contribution in [3.8, 4) is 5.69 Å². The lowest BCUT2D eigenvalue weighted by Gasteiger charge is -2.24. The molecule has 1 saturated carbocycles. The van der Waals surface area contributed by atoms with Gasteiger partial charge in [0.15, 0.2) is 9.84 Å². The highest BCUT2D eigenvalue weighted by Crippen LogP contribution is 2.22. The number of nitrogens with zero attached hydrogens (tertiary/aromatic N) is 2. The van der Waals surface area contributed by atoms with Gasteiger partial charge in [-0.25, -0.2) is 13.1 Å². The van der Waals surface area contributed by atoms with E-state index >= 15 is 0 Å². The molecular formula is C19H24N4O3S. The first-order valence-electron chi connectivity index (χ1n) is 9.38. The molecule has 0 radical (unpaired) electrons. The van der Waals surface area contributed by atoms with Crippen LogP contribution < -0.4 is 10.6 Å². The third-order valence-corrected chi connectivity index (χ3v) is 7.11. The van der Waals surface area contributed by atoms with E-state index in [4.69, 9.17) is 0 Å². The minimum absolute atomic E-state index is 0.0208. The Bertz CT molecular complexity index is 905. The van der Waals surface area contributed by atoms with Crippen molar-refractivity contribution in [2.24, 2.45) is 0 Å². The first-order valence-corrected chi connectivity index (χ1v) is 11.2. The number of nitrogens with one attached hydrogen (secondary N) is 2. The molecule has 0 spiro atoms. The average molecular weight is 388 g/mol. The van der Waals surface area contributed by atoms with Crippen LogP contribution in [0.1, 0.15) is 36.0 Å². The standard InChI is InChI=1S/C19H24N4O3S/c24-19(15-8-3-4-9-18(15)23-11-5-10-20-23)22-17-13-27(25,26)12-16(17)21-14-6-1-2-7-14/h3-5,8-11,14,16-17,21H,1-2,6-7,12-13H2,(H,22,24)/t16-,17-/m1/s1. The van der Waals surface area contributed by atoms with Crippen molar-refractivity contribution in [3.05, 3.63) is 48.3 Å². The molecule has 2 fully saturated rings. The molecule has 2 N–H and O–H groups in total. The summed E-state index contributed by atoms with van der Waals surface area (Å²) in [6, 6.07) is 8.67. The van der Waals surface area contributed by atoms with Crippen molar-refractivity contribution < 1.29 is 13.2 Å². The summed E-state index contributed by atoms with van der Waals surface area (Å²) in [6.45, 7) is 0. The van der Waals surface area contributed by atoms with Crippen LogP contribution in [0.4, 0.5) is 0 Å². The van der Waals surface area contributed by atoms with Crippen LogP contribution >= 0.6 is 0 Å². The van der Waals surface area contributed by atoms with Gasteiger partial charge in [0.1, 0.15) is 0 Å². The van der Waals surface area contributed by atoms with Gasteiger partial charge >= 0.3 is 0 Å². The summed E-state index contributed by atoms with van der Waals surface area (Å²) < 4.78 is 26.0. The molecule has 7 nitrogen and oxygen atoms in total. The summed E-state index contributed by atoms with van der Waals surface area (Å²) in [6.07, 6.45) is 7.91. The van der Waals surface area contributed by atoms with Crippen LogP contribution in [-0.4, -0.2) is 53.7 Å². The molecule has 1 aromatic heterocycles. The molecule has 1 amide bonds. The van der Waals surface area contributed by atoms with Gasteiger partial charge in [-0.2, -0.15) is 5.10 Å². The van der Waals surface area contributed by atoms with Crippen molar-refractivity contribution in [2.75, 3.05) is 11.5 Å². The monoisotopic (exact) mass is 388 g/mol. The number of para-hydroxylation sites is 1. The Morgan fingerprint density at radius 3 is 2.56 bits per heavy atom. The molecule has 8 heteroatoms. The lowest BCUT2D eigenvalue weighted by molar-refractivity contribution is 0.0934. The zero-order valence-electron chi connectivity index (χ0n) is 15.0. The van der Waals surface area contributed by atoms with E-state index in [1.807, 2.05) is 12.1 Å². The number of aromatic nitrogens is 2. The van der Waals surface area contributed by atoms with Crippen LogP contribution in [0, 0.1) is 0 Å².